The summed E-state index contributed by atoms with van der Waals surface area (Å²) < 4.78 is 51.7. The average Bonchev–Trinajstić information content (AvgIpc) is 3.36. The molecule has 1 atom stereocenters. The summed E-state index contributed by atoms with van der Waals surface area (Å²) in [5, 5.41) is 0. The monoisotopic (exact) mass is 362 g/mol. The zero-order valence-electron chi connectivity index (χ0n) is 13.8. The third-order valence-corrected chi connectivity index (χ3v) is 4.40. The van der Waals surface area contributed by atoms with Crippen molar-refractivity contribution in [2.75, 3.05) is 13.2 Å². The normalized spacial score (nSPS) is 18.5. The van der Waals surface area contributed by atoms with Crippen LogP contribution in [0.25, 0.3) is 5.69 Å². The van der Waals surface area contributed by atoms with Crippen LogP contribution in [0, 0.1) is 0 Å². The van der Waals surface area contributed by atoms with E-state index in [1.165, 1.54) is 6.07 Å². The summed E-state index contributed by atoms with van der Waals surface area (Å²) in [5.74, 6) is 0.845. The summed E-state index contributed by atoms with van der Waals surface area (Å²) >= 11 is 0. The van der Waals surface area contributed by atoms with E-state index in [1.807, 2.05) is 18.2 Å². The molecule has 7 heteroatoms. The van der Waals surface area contributed by atoms with E-state index in [0.29, 0.717) is 18.8 Å². The van der Waals surface area contributed by atoms with Crippen LogP contribution in [0.15, 0.2) is 65.5 Å². The Kier molecular flexibility index (Phi) is 4.34. The Morgan fingerprint density at radius 2 is 2.00 bits per heavy atom. The molecule has 2 aromatic heterocycles. The van der Waals surface area contributed by atoms with Crippen molar-refractivity contribution < 1.29 is 22.3 Å². The molecule has 0 radical (unpaired) electrons. The van der Waals surface area contributed by atoms with Gasteiger partial charge in [0, 0.05) is 30.2 Å². The summed E-state index contributed by atoms with van der Waals surface area (Å²) in [7, 11) is 0. The second kappa shape index (κ2) is 6.66. The van der Waals surface area contributed by atoms with Crippen molar-refractivity contribution in [2.24, 2.45) is 0 Å². The summed E-state index contributed by atoms with van der Waals surface area (Å²) in [6.07, 6.45) is 0.580. The van der Waals surface area contributed by atoms with Gasteiger partial charge in [0.25, 0.3) is 0 Å². The van der Waals surface area contributed by atoms with Crippen LogP contribution in [0.2, 0.25) is 0 Å². The predicted molar refractivity (Wildman–Crippen MR) is 88.6 cm³/mol. The van der Waals surface area contributed by atoms with E-state index in [2.05, 4.69) is 4.90 Å². The van der Waals surface area contributed by atoms with Crippen molar-refractivity contribution in [3.63, 3.8) is 0 Å². The second-order valence-corrected chi connectivity index (χ2v) is 6.17. The number of benzene rings is 1. The van der Waals surface area contributed by atoms with Crippen molar-refractivity contribution in [2.45, 2.75) is 18.9 Å². The van der Waals surface area contributed by atoms with E-state index in [4.69, 9.17) is 9.15 Å². The van der Waals surface area contributed by atoms with Gasteiger partial charge in [-0.1, -0.05) is 6.07 Å². The lowest BCUT2D eigenvalue weighted by Crippen LogP contribution is -2.22. The number of aromatic nitrogens is 1. The summed E-state index contributed by atoms with van der Waals surface area (Å²) in [5.41, 5.74) is 0.690. The van der Waals surface area contributed by atoms with Crippen molar-refractivity contribution in [3.8, 4) is 5.69 Å². The molecule has 1 fully saturated rings. The Balaban J connectivity index is 1.56. The summed E-state index contributed by atoms with van der Waals surface area (Å²) in [6.45, 7) is 1.98. The number of hydrogen-bond acceptors (Lipinski definition) is 3. The molecular weight excluding hydrogens is 345 g/mol. The predicted octanol–water partition coefficient (Wildman–Crippen LogP) is 4.62. The first-order valence-corrected chi connectivity index (χ1v) is 8.24. The fraction of sp³-hybridized carbons (Fsp3) is 0.263. The Bertz CT molecular complexity index is 871. The highest BCUT2D eigenvalue weighted by molar-refractivity contribution is 5.38. The number of nitrogens with zero attached hydrogens (tertiary/aromatic N) is 2. The molecule has 136 valence electrons. The molecule has 3 aromatic rings. The molecule has 0 spiro atoms. The minimum Gasteiger partial charge on any atom is -0.468 e. The van der Waals surface area contributed by atoms with Crippen LogP contribution in [0.4, 0.5) is 13.2 Å². The first kappa shape index (κ1) is 16.9. The first-order chi connectivity index (χ1) is 12.5. The van der Waals surface area contributed by atoms with Gasteiger partial charge in [-0.05, 0) is 36.4 Å². The molecular formula is C19H17F3N2O2. The van der Waals surface area contributed by atoms with Crippen LogP contribution >= 0.6 is 0 Å². The number of alkyl halides is 3. The number of ether oxygens (including phenoxy) is 1. The smallest absolute Gasteiger partial charge is 0.416 e. The van der Waals surface area contributed by atoms with Gasteiger partial charge in [0.15, 0.2) is 0 Å². The van der Waals surface area contributed by atoms with E-state index in [9.17, 15) is 13.2 Å². The van der Waals surface area contributed by atoms with Crippen molar-refractivity contribution in [1.29, 1.82) is 0 Å². The summed E-state index contributed by atoms with van der Waals surface area (Å²) in [6, 6.07) is 10.9. The van der Waals surface area contributed by atoms with Crippen molar-refractivity contribution in [1.82, 2.24) is 9.47 Å². The van der Waals surface area contributed by atoms with Crippen LogP contribution in [0.5, 0.6) is 0 Å². The Labute approximate surface area is 148 Å². The zero-order chi connectivity index (χ0) is 18.1. The largest absolute Gasteiger partial charge is 0.468 e. The van der Waals surface area contributed by atoms with Gasteiger partial charge in [-0.2, -0.15) is 13.2 Å². The van der Waals surface area contributed by atoms with Gasteiger partial charge >= 0.3 is 6.18 Å². The number of furan rings is 1. The van der Waals surface area contributed by atoms with Crippen LogP contribution in [0.3, 0.4) is 0 Å². The number of hydrogen-bond donors (Lipinski definition) is 0. The average molecular weight is 362 g/mol. The highest BCUT2D eigenvalue weighted by Crippen LogP contribution is 2.32. The third kappa shape index (κ3) is 3.40. The Morgan fingerprint density at radius 3 is 2.77 bits per heavy atom. The first-order valence-electron chi connectivity index (χ1n) is 8.24. The minimum absolute atomic E-state index is 0.243. The molecule has 0 unspecified atom stereocenters. The molecule has 0 saturated carbocycles. The van der Waals surface area contributed by atoms with Gasteiger partial charge in [0.2, 0.25) is 0 Å². The van der Waals surface area contributed by atoms with Crippen LogP contribution in [-0.2, 0) is 17.5 Å². The van der Waals surface area contributed by atoms with Crippen LogP contribution in [-0.4, -0.2) is 22.6 Å². The molecule has 1 aliphatic heterocycles. The molecule has 26 heavy (non-hydrogen) atoms. The molecule has 0 N–H and O–H groups in total. The molecule has 0 aliphatic carbocycles. The summed E-state index contributed by atoms with van der Waals surface area (Å²) in [4.78, 5) is 2.13. The van der Waals surface area contributed by atoms with Crippen LogP contribution < -0.4 is 0 Å². The topological polar surface area (TPSA) is 30.5 Å². The SMILES string of the molecule is FC(F)(F)c1cccc(-n2ccc([C@H]3OCCN3Cc3ccco3)c2)c1. The second-order valence-electron chi connectivity index (χ2n) is 6.17. The highest BCUT2D eigenvalue weighted by atomic mass is 19.4. The molecule has 1 aliphatic rings. The standard InChI is InChI=1S/C19H17F3N2O2/c20-19(21,22)15-3-1-4-16(11-15)23-7-6-14(12-23)18-24(8-10-26-18)13-17-5-2-9-25-17/h1-7,9,11-12,18H,8,10,13H2/t18-/m1/s1. The van der Waals surface area contributed by atoms with Crippen LogP contribution in [0.1, 0.15) is 23.1 Å². The van der Waals surface area contributed by atoms with Gasteiger partial charge in [-0.15, -0.1) is 0 Å². The lowest BCUT2D eigenvalue weighted by atomic mass is 10.2. The Hall–Kier alpha value is -2.51. The highest BCUT2D eigenvalue weighted by Gasteiger charge is 2.31. The fourth-order valence-corrected chi connectivity index (χ4v) is 3.14. The van der Waals surface area contributed by atoms with Crippen molar-refractivity contribution >= 4 is 0 Å². The molecule has 4 nitrogen and oxygen atoms in total. The maximum absolute atomic E-state index is 12.9. The Morgan fingerprint density at radius 1 is 1.12 bits per heavy atom. The van der Waals surface area contributed by atoms with E-state index in [0.717, 1.165) is 30.0 Å². The van der Waals surface area contributed by atoms with E-state index < -0.39 is 11.7 Å². The lowest BCUT2D eigenvalue weighted by molar-refractivity contribution is -0.137. The van der Waals surface area contributed by atoms with Gasteiger partial charge in [-0.25, -0.2) is 0 Å². The van der Waals surface area contributed by atoms with Gasteiger partial charge in [0.1, 0.15) is 12.0 Å². The van der Waals surface area contributed by atoms with E-state index in [-0.39, 0.29) is 6.23 Å². The third-order valence-electron chi connectivity index (χ3n) is 4.40. The fourth-order valence-electron chi connectivity index (χ4n) is 3.14. The van der Waals surface area contributed by atoms with Crippen molar-refractivity contribution in [3.05, 3.63) is 78.0 Å². The number of halogens is 3. The molecule has 4 rings (SSSR count). The maximum Gasteiger partial charge on any atom is 0.416 e. The molecule has 0 amide bonds. The molecule has 3 heterocycles. The molecule has 1 saturated heterocycles. The number of rotatable bonds is 4. The van der Waals surface area contributed by atoms with Gasteiger partial charge in [0.05, 0.1) is 25.0 Å². The van der Waals surface area contributed by atoms with Gasteiger partial charge < -0.3 is 13.7 Å². The maximum atomic E-state index is 12.9. The van der Waals surface area contributed by atoms with E-state index in [1.54, 1.807) is 29.3 Å². The molecule has 0 bridgehead atoms. The minimum atomic E-state index is -4.36. The quantitative estimate of drug-likeness (QED) is 0.678. The van der Waals surface area contributed by atoms with Gasteiger partial charge in [-0.3, -0.25) is 4.90 Å². The lowest BCUT2D eigenvalue weighted by Gasteiger charge is -2.21. The zero-order valence-corrected chi connectivity index (χ0v) is 13.8. The molecule has 1 aromatic carbocycles. The van der Waals surface area contributed by atoms with E-state index >= 15 is 0 Å².